The molecule has 0 saturated carbocycles. The molecule has 38 heavy (non-hydrogen) atoms. The molecule has 1 N–H and O–H groups in total. The van der Waals surface area contributed by atoms with Gasteiger partial charge in [-0.25, -0.2) is 9.78 Å². The van der Waals surface area contributed by atoms with E-state index in [1.165, 1.54) is 11.3 Å². The summed E-state index contributed by atoms with van der Waals surface area (Å²) in [5.74, 6) is -0.296. The maximum atomic E-state index is 13.4. The molecule has 10 nitrogen and oxygen atoms in total. The number of fused-ring (bicyclic) bond motifs is 1. The van der Waals surface area contributed by atoms with Crippen molar-refractivity contribution >= 4 is 44.5 Å². The number of aromatic nitrogens is 4. The zero-order chi connectivity index (χ0) is 26.9. The Morgan fingerprint density at radius 1 is 1.00 bits per heavy atom. The van der Waals surface area contributed by atoms with E-state index >= 15 is 0 Å². The van der Waals surface area contributed by atoms with Gasteiger partial charge in [0.05, 0.1) is 16.0 Å². The molecule has 5 heterocycles. The number of pyridine rings is 3. The van der Waals surface area contributed by atoms with Crippen LogP contribution in [0.4, 0.5) is 15.6 Å². The first-order valence-corrected chi connectivity index (χ1v) is 13.2. The fraction of sp³-hybridized carbons (Fsp3) is 0.333. The first-order chi connectivity index (χ1) is 18.2. The highest BCUT2D eigenvalue weighted by molar-refractivity contribution is 7.22. The van der Waals surface area contributed by atoms with Crippen LogP contribution in [-0.2, 0) is 4.74 Å². The Hall–Kier alpha value is -4.12. The summed E-state index contributed by atoms with van der Waals surface area (Å²) < 4.78 is 6.37. The van der Waals surface area contributed by atoms with Crippen LogP contribution in [0.2, 0.25) is 0 Å². The molecule has 0 aliphatic carbocycles. The number of anilines is 2. The number of ether oxygens (including phenoxy) is 1. The van der Waals surface area contributed by atoms with Gasteiger partial charge >= 0.3 is 6.09 Å². The molecule has 0 unspecified atom stereocenters. The summed E-state index contributed by atoms with van der Waals surface area (Å²) in [6.07, 6.45) is 6.51. The Bertz CT molecular complexity index is 1480. The topological polar surface area (TPSA) is 113 Å². The number of hydrogen-bond acceptors (Lipinski definition) is 9. The molecule has 2 amide bonds. The lowest BCUT2D eigenvalue weighted by atomic mass is 10.1. The fourth-order valence-corrected chi connectivity index (χ4v) is 5.04. The van der Waals surface area contributed by atoms with Gasteiger partial charge in [-0.3, -0.25) is 20.1 Å². The smallest absolute Gasteiger partial charge is 0.410 e. The standard InChI is InChI=1S/C27H29N7O3S/c1-17-13-21(33-9-11-34(12-10-33)26(36)37-27(2,3)4)20(16-29-17)24(35)32-25-31-23-22(38-25)14-19(15-30-23)18-5-7-28-8-6-18/h5-8,13-16H,9-12H2,1-4H3,(H,30,31,32,35). The van der Waals surface area contributed by atoms with E-state index in [9.17, 15) is 9.59 Å². The number of hydrogen-bond donors (Lipinski definition) is 1. The number of amides is 2. The van der Waals surface area contributed by atoms with Crippen molar-refractivity contribution in [1.82, 2.24) is 24.8 Å². The summed E-state index contributed by atoms with van der Waals surface area (Å²) in [6.45, 7) is 9.61. The number of thiazole rings is 1. The summed E-state index contributed by atoms with van der Waals surface area (Å²) in [5.41, 5.74) is 4.03. The van der Waals surface area contributed by atoms with Crippen molar-refractivity contribution < 1.29 is 14.3 Å². The molecular formula is C27H29N7O3S. The number of nitrogens with one attached hydrogen (secondary N) is 1. The average molecular weight is 532 g/mol. The lowest BCUT2D eigenvalue weighted by molar-refractivity contribution is 0.0240. The van der Waals surface area contributed by atoms with E-state index in [0.717, 1.165) is 27.2 Å². The maximum Gasteiger partial charge on any atom is 0.410 e. The summed E-state index contributed by atoms with van der Waals surface area (Å²) >= 11 is 1.37. The predicted octanol–water partition coefficient (Wildman–Crippen LogP) is 4.77. The molecule has 0 atom stereocenters. The Morgan fingerprint density at radius 2 is 1.74 bits per heavy atom. The van der Waals surface area contributed by atoms with Crippen LogP contribution in [0.1, 0.15) is 36.8 Å². The average Bonchev–Trinajstić information content (AvgIpc) is 3.29. The van der Waals surface area contributed by atoms with Crippen LogP contribution in [0.3, 0.4) is 0 Å². The normalized spacial score (nSPS) is 14.0. The van der Waals surface area contributed by atoms with Gasteiger partial charge in [0, 0.05) is 62.2 Å². The first-order valence-electron chi connectivity index (χ1n) is 12.3. The molecule has 1 saturated heterocycles. The van der Waals surface area contributed by atoms with Crippen molar-refractivity contribution in [1.29, 1.82) is 0 Å². The van der Waals surface area contributed by atoms with Gasteiger partial charge in [-0.05, 0) is 57.5 Å². The number of nitrogens with zero attached hydrogens (tertiary/aromatic N) is 6. The number of aryl methyl sites for hydroxylation is 1. The Balaban J connectivity index is 1.31. The lowest BCUT2D eigenvalue weighted by Gasteiger charge is -2.37. The molecule has 1 aliphatic heterocycles. The number of carbonyl (C=O) groups excluding carboxylic acids is 2. The molecule has 4 aromatic rings. The molecule has 0 aromatic carbocycles. The Kier molecular flexibility index (Phi) is 6.94. The molecule has 0 bridgehead atoms. The minimum Gasteiger partial charge on any atom is -0.444 e. The SMILES string of the molecule is Cc1cc(N2CCN(C(=O)OC(C)(C)C)CC2)c(C(=O)Nc2nc3ncc(-c4ccncc4)cc3s2)cn1. The van der Waals surface area contributed by atoms with E-state index in [0.29, 0.717) is 42.5 Å². The second kappa shape index (κ2) is 10.3. The van der Waals surface area contributed by atoms with Crippen LogP contribution in [0, 0.1) is 6.92 Å². The van der Waals surface area contributed by atoms with Crippen LogP contribution in [-0.4, -0.2) is 68.6 Å². The third-order valence-corrected chi connectivity index (χ3v) is 6.92. The van der Waals surface area contributed by atoms with Crippen molar-refractivity contribution in [3.05, 3.63) is 60.3 Å². The first kappa shape index (κ1) is 25.5. The third kappa shape index (κ3) is 5.72. The van der Waals surface area contributed by atoms with Crippen LogP contribution in [0.5, 0.6) is 0 Å². The lowest BCUT2D eigenvalue weighted by Crippen LogP contribution is -2.50. The molecule has 11 heteroatoms. The molecule has 5 rings (SSSR count). The molecule has 0 radical (unpaired) electrons. The summed E-state index contributed by atoms with van der Waals surface area (Å²) in [6, 6.07) is 7.75. The minimum atomic E-state index is -0.543. The molecule has 4 aromatic heterocycles. The monoisotopic (exact) mass is 531 g/mol. The van der Waals surface area contributed by atoms with Gasteiger partial charge in [0.1, 0.15) is 5.60 Å². The molecule has 196 valence electrons. The van der Waals surface area contributed by atoms with E-state index in [1.54, 1.807) is 29.7 Å². The zero-order valence-electron chi connectivity index (χ0n) is 21.8. The highest BCUT2D eigenvalue weighted by atomic mass is 32.1. The van der Waals surface area contributed by atoms with Crippen molar-refractivity contribution in [2.24, 2.45) is 0 Å². The molecule has 1 fully saturated rings. The fourth-order valence-electron chi connectivity index (χ4n) is 4.18. The maximum absolute atomic E-state index is 13.4. The predicted molar refractivity (Wildman–Crippen MR) is 148 cm³/mol. The van der Waals surface area contributed by atoms with Crippen molar-refractivity contribution in [3.63, 3.8) is 0 Å². The van der Waals surface area contributed by atoms with Crippen LogP contribution in [0.15, 0.2) is 49.1 Å². The number of carbonyl (C=O) groups is 2. The van der Waals surface area contributed by atoms with E-state index in [-0.39, 0.29) is 12.0 Å². The molecule has 1 aliphatic rings. The Morgan fingerprint density at radius 3 is 2.45 bits per heavy atom. The largest absolute Gasteiger partial charge is 0.444 e. The minimum absolute atomic E-state index is 0.296. The van der Waals surface area contributed by atoms with E-state index in [1.807, 2.05) is 52.0 Å². The van der Waals surface area contributed by atoms with Gasteiger partial charge in [0.25, 0.3) is 5.91 Å². The molecular weight excluding hydrogens is 502 g/mol. The molecule has 0 spiro atoms. The quantitative estimate of drug-likeness (QED) is 0.401. The van der Waals surface area contributed by atoms with Gasteiger partial charge in [-0.15, -0.1) is 0 Å². The third-order valence-electron chi connectivity index (χ3n) is 6.02. The summed E-state index contributed by atoms with van der Waals surface area (Å²) in [4.78, 5) is 47.0. The van der Waals surface area contributed by atoms with Crippen molar-refractivity contribution in [2.75, 3.05) is 36.4 Å². The Labute approximate surface area is 224 Å². The number of rotatable bonds is 4. The second-order valence-electron chi connectivity index (χ2n) is 10.1. The van der Waals surface area contributed by atoms with E-state index < -0.39 is 5.60 Å². The van der Waals surface area contributed by atoms with Crippen LogP contribution >= 0.6 is 11.3 Å². The van der Waals surface area contributed by atoms with Gasteiger partial charge < -0.3 is 14.5 Å². The van der Waals surface area contributed by atoms with Crippen molar-refractivity contribution in [3.8, 4) is 11.1 Å². The number of piperazine rings is 1. The van der Waals surface area contributed by atoms with Gasteiger partial charge in [0.2, 0.25) is 0 Å². The zero-order valence-corrected chi connectivity index (χ0v) is 22.6. The van der Waals surface area contributed by atoms with Crippen molar-refractivity contribution in [2.45, 2.75) is 33.3 Å². The van der Waals surface area contributed by atoms with Crippen LogP contribution < -0.4 is 10.2 Å². The van der Waals surface area contributed by atoms with Gasteiger partial charge in [-0.1, -0.05) is 11.3 Å². The highest BCUT2D eigenvalue weighted by Crippen LogP contribution is 2.30. The van der Waals surface area contributed by atoms with E-state index in [2.05, 4.69) is 30.2 Å². The van der Waals surface area contributed by atoms with Gasteiger partial charge in [-0.2, -0.15) is 4.98 Å². The summed E-state index contributed by atoms with van der Waals surface area (Å²) in [7, 11) is 0. The van der Waals surface area contributed by atoms with E-state index in [4.69, 9.17) is 4.74 Å². The highest BCUT2D eigenvalue weighted by Gasteiger charge is 2.28. The van der Waals surface area contributed by atoms with Gasteiger partial charge in [0.15, 0.2) is 10.8 Å². The summed E-state index contributed by atoms with van der Waals surface area (Å²) in [5, 5.41) is 3.39. The van der Waals surface area contributed by atoms with Crippen LogP contribution in [0.25, 0.3) is 21.5 Å². The second-order valence-corrected chi connectivity index (χ2v) is 11.1.